The second-order valence-corrected chi connectivity index (χ2v) is 3.19. The summed E-state index contributed by atoms with van der Waals surface area (Å²) in [7, 11) is 0. The number of hydrogen-bond donors (Lipinski definition) is 3. The van der Waals surface area contributed by atoms with Crippen molar-refractivity contribution in [1.82, 2.24) is 5.32 Å². The second kappa shape index (κ2) is 4.57. The molecule has 0 saturated heterocycles. The molecule has 0 unspecified atom stereocenters. The topological polar surface area (TPSA) is 75.3 Å². The van der Waals surface area contributed by atoms with Crippen LogP contribution >= 0.6 is 12.2 Å². The number of amides is 1. The van der Waals surface area contributed by atoms with Gasteiger partial charge in [0, 0.05) is 0 Å². The summed E-state index contributed by atoms with van der Waals surface area (Å²) in [6, 6.07) is 6.26. The summed E-state index contributed by atoms with van der Waals surface area (Å²) in [6.45, 7) is 0.127. The highest BCUT2D eigenvalue weighted by Gasteiger charge is 2.08. The monoisotopic (exact) mass is 210 g/mol. The number of nitrogens with one attached hydrogen (secondary N) is 1. The van der Waals surface area contributed by atoms with Gasteiger partial charge >= 0.3 is 0 Å². The van der Waals surface area contributed by atoms with E-state index in [1.54, 1.807) is 12.1 Å². The fourth-order valence-corrected chi connectivity index (χ4v) is 1.00. The largest absolute Gasteiger partial charge is 0.507 e. The third-order valence-corrected chi connectivity index (χ3v) is 1.72. The van der Waals surface area contributed by atoms with Gasteiger partial charge in [-0.25, -0.2) is 0 Å². The maximum atomic E-state index is 11.4. The first kappa shape index (κ1) is 10.5. The Balaban J connectivity index is 2.70. The number of aromatic hydroxyl groups is 1. The van der Waals surface area contributed by atoms with Crippen LogP contribution in [0.5, 0.6) is 5.75 Å². The number of thiocarbonyl (C=S) groups is 1. The molecule has 0 aliphatic heterocycles. The Bertz CT molecular complexity index is 366. The van der Waals surface area contributed by atoms with Crippen LogP contribution in [0.15, 0.2) is 24.3 Å². The Kier molecular flexibility index (Phi) is 3.41. The number of nitrogens with two attached hydrogens (primary N) is 1. The molecule has 0 aliphatic rings. The first-order valence-corrected chi connectivity index (χ1v) is 4.36. The van der Waals surface area contributed by atoms with Gasteiger partial charge in [0.15, 0.2) is 0 Å². The van der Waals surface area contributed by atoms with Crippen LogP contribution < -0.4 is 11.1 Å². The summed E-state index contributed by atoms with van der Waals surface area (Å²) in [4.78, 5) is 11.6. The first-order chi connectivity index (χ1) is 6.61. The zero-order valence-corrected chi connectivity index (χ0v) is 8.17. The van der Waals surface area contributed by atoms with Crippen LogP contribution in [-0.4, -0.2) is 22.5 Å². The van der Waals surface area contributed by atoms with Gasteiger partial charge in [0.25, 0.3) is 5.91 Å². The lowest BCUT2D eigenvalue weighted by molar-refractivity contribution is 0.0957. The number of benzene rings is 1. The van der Waals surface area contributed by atoms with Gasteiger partial charge < -0.3 is 16.2 Å². The SMILES string of the molecule is NC(=S)CNC(=O)c1ccccc1O. The molecule has 74 valence electrons. The van der Waals surface area contributed by atoms with Crippen LogP contribution in [0.4, 0.5) is 0 Å². The molecule has 0 heterocycles. The van der Waals surface area contributed by atoms with Crippen molar-refractivity contribution in [3.63, 3.8) is 0 Å². The third-order valence-electron chi connectivity index (χ3n) is 1.57. The van der Waals surface area contributed by atoms with E-state index in [1.807, 2.05) is 0 Å². The molecule has 5 heteroatoms. The smallest absolute Gasteiger partial charge is 0.255 e. The fraction of sp³-hybridized carbons (Fsp3) is 0.111. The van der Waals surface area contributed by atoms with Crippen LogP contribution in [0, 0.1) is 0 Å². The van der Waals surface area contributed by atoms with E-state index in [-0.39, 0.29) is 22.8 Å². The lowest BCUT2D eigenvalue weighted by Crippen LogP contribution is -2.32. The predicted molar refractivity (Wildman–Crippen MR) is 57.2 cm³/mol. The normalized spacial score (nSPS) is 9.43. The van der Waals surface area contributed by atoms with E-state index < -0.39 is 5.91 Å². The molecular weight excluding hydrogens is 200 g/mol. The molecular formula is C9H10N2O2S. The van der Waals surface area contributed by atoms with Crippen LogP contribution in [0.3, 0.4) is 0 Å². The van der Waals surface area contributed by atoms with E-state index in [0.29, 0.717) is 0 Å². The molecule has 4 nitrogen and oxygen atoms in total. The molecule has 0 atom stereocenters. The molecule has 1 rings (SSSR count). The highest BCUT2D eigenvalue weighted by Crippen LogP contribution is 2.14. The van der Waals surface area contributed by atoms with Gasteiger partial charge in [-0.2, -0.15) is 0 Å². The lowest BCUT2D eigenvalue weighted by atomic mass is 10.2. The number of para-hydroxylation sites is 1. The van der Waals surface area contributed by atoms with E-state index in [0.717, 1.165) is 0 Å². The van der Waals surface area contributed by atoms with E-state index in [9.17, 15) is 9.90 Å². The number of rotatable bonds is 3. The number of hydrogen-bond acceptors (Lipinski definition) is 3. The van der Waals surface area contributed by atoms with Crippen molar-refractivity contribution in [2.75, 3.05) is 6.54 Å². The van der Waals surface area contributed by atoms with Crippen LogP contribution in [0.2, 0.25) is 0 Å². The van der Waals surface area contributed by atoms with Crippen molar-refractivity contribution in [2.24, 2.45) is 5.73 Å². The van der Waals surface area contributed by atoms with Crippen molar-refractivity contribution in [2.45, 2.75) is 0 Å². The summed E-state index contributed by atoms with van der Waals surface area (Å²) in [5.74, 6) is -0.455. The van der Waals surface area contributed by atoms with Crippen molar-refractivity contribution in [1.29, 1.82) is 0 Å². The van der Waals surface area contributed by atoms with Crippen LogP contribution in [-0.2, 0) is 0 Å². The van der Waals surface area contributed by atoms with Gasteiger partial charge in [-0.3, -0.25) is 4.79 Å². The fourth-order valence-electron chi connectivity index (χ4n) is 0.928. The highest BCUT2D eigenvalue weighted by molar-refractivity contribution is 7.80. The first-order valence-electron chi connectivity index (χ1n) is 3.95. The van der Waals surface area contributed by atoms with Crippen molar-refractivity contribution in [3.05, 3.63) is 29.8 Å². The summed E-state index contributed by atoms with van der Waals surface area (Å²) in [6.07, 6.45) is 0. The summed E-state index contributed by atoms with van der Waals surface area (Å²) in [5.41, 5.74) is 5.42. The van der Waals surface area contributed by atoms with Gasteiger partial charge in [0.1, 0.15) is 5.75 Å². The van der Waals surface area contributed by atoms with Gasteiger partial charge in [0.2, 0.25) is 0 Å². The lowest BCUT2D eigenvalue weighted by Gasteiger charge is -2.04. The summed E-state index contributed by atoms with van der Waals surface area (Å²) in [5, 5.41) is 11.8. The molecule has 4 N–H and O–H groups in total. The minimum Gasteiger partial charge on any atom is -0.507 e. The zero-order valence-electron chi connectivity index (χ0n) is 7.36. The van der Waals surface area contributed by atoms with Gasteiger partial charge in [-0.05, 0) is 12.1 Å². The highest BCUT2D eigenvalue weighted by atomic mass is 32.1. The molecule has 0 aliphatic carbocycles. The van der Waals surface area contributed by atoms with Gasteiger partial charge in [-0.15, -0.1) is 0 Å². The number of carbonyl (C=O) groups excluding carboxylic acids is 1. The molecule has 0 saturated carbocycles. The molecule has 0 spiro atoms. The van der Waals surface area contributed by atoms with Crippen LogP contribution in [0.25, 0.3) is 0 Å². The average molecular weight is 210 g/mol. The Morgan fingerprint density at radius 2 is 2.14 bits per heavy atom. The molecule has 1 amide bonds. The molecule has 0 radical (unpaired) electrons. The van der Waals surface area contributed by atoms with E-state index >= 15 is 0 Å². The Morgan fingerprint density at radius 1 is 1.50 bits per heavy atom. The minimum atomic E-state index is -0.393. The molecule has 1 aromatic rings. The average Bonchev–Trinajstić information content (AvgIpc) is 2.15. The molecule has 0 aromatic heterocycles. The van der Waals surface area contributed by atoms with E-state index in [1.165, 1.54) is 12.1 Å². The minimum absolute atomic E-state index is 0.0621. The quantitative estimate of drug-likeness (QED) is 0.631. The zero-order chi connectivity index (χ0) is 10.6. The maximum absolute atomic E-state index is 11.4. The molecule has 0 bridgehead atoms. The molecule has 0 fully saturated rings. The number of carbonyl (C=O) groups is 1. The molecule has 14 heavy (non-hydrogen) atoms. The van der Waals surface area contributed by atoms with E-state index in [4.69, 9.17) is 5.73 Å². The second-order valence-electron chi connectivity index (χ2n) is 2.67. The van der Waals surface area contributed by atoms with Gasteiger partial charge in [0.05, 0.1) is 17.1 Å². The van der Waals surface area contributed by atoms with Gasteiger partial charge in [-0.1, -0.05) is 24.4 Å². The Hall–Kier alpha value is -1.62. The van der Waals surface area contributed by atoms with Crippen molar-refractivity contribution < 1.29 is 9.90 Å². The van der Waals surface area contributed by atoms with Crippen LogP contribution in [0.1, 0.15) is 10.4 Å². The predicted octanol–water partition coefficient (Wildman–Crippen LogP) is 0.408. The van der Waals surface area contributed by atoms with Crippen molar-refractivity contribution in [3.8, 4) is 5.75 Å². The van der Waals surface area contributed by atoms with Crippen molar-refractivity contribution >= 4 is 23.1 Å². The number of phenols is 1. The standard InChI is InChI=1S/C9H10N2O2S/c10-8(14)5-11-9(13)6-3-1-2-4-7(6)12/h1-4,12H,5H2,(H2,10,14)(H,11,13). The Morgan fingerprint density at radius 3 is 2.71 bits per heavy atom. The maximum Gasteiger partial charge on any atom is 0.255 e. The third kappa shape index (κ3) is 2.70. The number of phenolic OH excluding ortho intramolecular Hbond substituents is 1. The van der Waals surface area contributed by atoms with E-state index in [2.05, 4.69) is 17.5 Å². The summed E-state index contributed by atoms with van der Waals surface area (Å²) >= 11 is 4.60. The summed E-state index contributed by atoms with van der Waals surface area (Å²) < 4.78 is 0. The Labute approximate surface area is 86.7 Å². The molecule has 1 aromatic carbocycles.